The first-order chi connectivity index (χ1) is 8.25. The molecule has 2 nitrogen and oxygen atoms in total. The van der Waals surface area contributed by atoms with Crippen LogP contribution in [0.2, 0.25) is 0 Å². The van der Waals surface area contributed by atoms with Gasteiger partial charge in [-0.15, -0.1) is 0 Å². The number of hydrogen-bond acceptors (Lipinski definition) is 2. The van der Waals surface area contributed by atoms with Gasteiger partial charge >= 0.3 is 0 Å². The molecule has 1 fully saturated rings. The summed E-state index contributed by atoms with van der Waals surface area (Å²) in [6, 6.07) is 10.8. The van der Waals surface area contributed by atoms with E-state index in [0.717, 1.165) is 25.2 Å². The Morgan fingerprint density at radius 2 is 1.88 bits per heavy atom. The van der Waals surface area contributed by atoms with Gasteiger partial charge in [0, 0.05) is 13.1 Å². The van der Waals surface area contributed by atoms with Crippen molar-refractivity contribution in [2.45, 2.75) is 32.6 Å². The van der Waals surface area contributed by atoms with Crippen molar-refractivity contribution < 1.29 is 0 Å². The maximum absolute atomic E-state index is 5.82. The van der Waals surface area contributed by atoms with Crippen LogP contribution in [0.3, 0.4) is 0 Å². The third-order valence-corrected chi connectivity index (χ3v) is 3.80. The third-order valence-electron chi connectivity index (χ3n) is 3.80. The van der Waals surface area contributed by atoms with Crippen LogP contribution in [0.5, 0.6) is 0 Å². The summed E-state index contributed by atoms with van der Waals surface area (Å²) in [5, 5.41) is 0. The molecule has 0 spiro atoms. The van der Waals surface area contributed by atoms with Crippen LogP contribution in [0.4, 0.5) is 0 Å². The van der Waals surface area contributed by atoms with E-state index in [9.17, 15) is 0 Å². The Morgan fingerprint density at radius 3 is 2.47 bits per heavy atom. The maximum atomic E-state index is 5.82. The van der Waals surface area contributed by atoms with E-state index in [-0.39, 0.29) is 0 Å². The summed E-state index contributed by atoms with van der Waals surface area (Å²) in [5.41, 5.74) is 7.29. The quantitative estimate of drug-likeness (QED) is 0.863. The monoisotopic (exact) mass is 231 g/mol. The van der Waals surface area contributed by atoms with Gasteiger partial charge in [0.2, 0.25) is 0 Å². The summed E-state index contributed by atoms with van der Waals surface area (Å²) in [5.74, 6) is 0.880. The normalized spacial score (nSPS) is 18.8. The lowest BCUT2D eigenvalue weighted by Gasteiger charge is -2.33. The molecule has 0 amide bonds. The molecule has 2 rings (SSSR count). The molecule has 2 heteroatoms. The smallest absolute Gasteiger partial charge is 0.0978 e. The van der Waals surface area contributed by atoms with Crippen LogP contribution in [0, 0.1) is 12.1 Å². The first kappa shape index (κ1) is 12.6. The van der Waals surface area contributed by atoms with Gasteiger partial charge in [-0.25, -0.2) is 0 Å². The minimum Gasteiger partial charge on any atom is -0.311 e. The molecule has 0 unspecified atom stereocenters. The highest BCUT2D eigenvalue weighted by Gasteiger charge is 2.20. The number of benzene rings is 1. The molecule has 0 aromatic heterocycles. The molecule has 1 aliphatic heterocycles. The van der Waals surface area contributed by atoms with E-state index < -0.39 is 0 Å². The number of likely N-dealkylation sites (tertiary alicyclic amines) is 1. The average Bonchev–Trinajstić information content (AvgIpc) is 2.38. The lowest BCUT2D eigenvalue weighted by molar-refractivity contribution is 0.187. The number of rotatable bonds is 4. The van der Waals surface area contributed by atoms with Gasteiger partial charge < -0.3 is 5.73 Å². The van der Waals surface area contributed by atoms with Crippen LogP contribution in [-0.4, -0.2) is 18.0 Å². The van der Waals surface area contributed by atoms with E-state index in [1.807, 2.05) is 6.92 Å². The fourth-order valence-corrected chi connectivity index (χ4v) is 2.59. The minimum absolute atomic E-state index is 0.880. The Morgan fingerprint density at radius 1 is 1.24 bits per heavy atom. The Bertz CT molecular complexity index is 313. The molecule has 1 heterocycles. The van der Waals surface area contributed by atoms with Gasteiger partial charge in [0.25, 0.3) is 0 Å². The van der Waals surface area contributed by atoms with Crippen LogP contribution < -0.4 is 5.73 Å². The van der Waals surface area contributed by atoms with Crippen molar-refractivity contribution in [1.29, 1.82) is 0 Å². The molecule has 17 heavy (non-hydrogen) atoms. The molecule has 0 saturated carbocycles. The van der Waals surface area contributed by atoms with Gasteiger partial charge in [-0.2, -0.15) is 0 Å². The molecule has 1 aromatic rings. The van der Waals surface area contributed by atoms with Crippen LogP contribution in [0.15, 0.2) is 30.3 Å². The highest BCUT2D eigenvalue weighted by atomic mass is 15.2. The lowest BCUT2D eigenvalue weighted by atomic mass is 9.90. The lowest BCUT2D eigenvalue weighted by Crippen LogP contribution is -2.39. The van der Waals surface area contributed by atoms with Crippen molar-refractivity contribution in [2.75, 3.05) is 13.1 Å². The summed E-state index contributed by atoms with van der Waals surface area (Å²) in [4.78, 5) is 2.30. The number of aryl methyl sites for hydroxylation is 1. The fraction of sp³-hybridized carbons (Fsp3) is 0.533. The Balaban J connectivity index is 1.72. The highest BCUT2D eigenvalue weighted by Crippen LogP contribution is 2.23. The summed E-state index contributed by atoms with van der Waals surface area (Å²) < 4.78 is 0. The second-order valence-corrected chi connectivity index (χ2v) is 5.10. The minimum atomic E-state index is 0.880. The van der Waals surface area contributed by atoms with E-state index in [2.05, 4.69) is 35.2 Å². The third kappa shape index (κ3) is 3.83. The Hall–Kier alpha value is -0.860. The standard InChI is InChI=1S/C15H23N2/c1-13(16)17-11-9-15(10-12-17)8-7-14-5-3-2-4-6-14/h2-6,15H,7-12,16H2,1H3. The zero-order chi connectivity index (χ0) is 12.1. The van der Waals surface area contributed by atoms with Crippen LogP contribution in [-0.2, 0) is 6.42 Å². The van der Waals surface area contributed by atoms with Crippen molar-refractivity contribution in [3.63, 3.8) is 0 Å². The molecular formula is C15H23N2. The van der Waals surface area contributed by atoms with Crippen molar-refractivity contribution in [1.82, 2.24) is 4.90 Å². The zero-order valence-electron chi connectivity index (χ0n) is 10.7. The molecule has 0 atom stereocenters. The Labute approximate surface area is 105 Å². The van der Waals surface area contributed by atoms with E-state index in [1.165, 1.54) is 31.2 Å². The maximum Gasteiger partial charge on any atom is 0.0978 e. The summed E-state index contributed by atoms with van der Waals surface area (Å²) in [6.45, 7) is 4.29. The van der Waals surface area contributed by atoms with Gasteiger partial charge in [0.15, 0.2) is 0 Å². The summed E-state index contributed by atoms with van der Waals surface area (Å²) >= 11 is 0. The van der Waals surface area contributed by atoms with Gasteiger partial charge in [-0.1, -0.05) is 30.3 Å². The molecule has 1 aliphatic rings. The first-order valence-electron chi connectivity index (χ1n) is 6.63. The highest BCUT2D eigenvalue weighted by molar-refractivity contribution is 5.14. The van der Waals surface area contributed by atoms with Gasteiger partial charge in [-0.3, -0.25) is 4.90 Å². The van der Waals surface area contributed by atoms with E-state index >= 15 is 0 Å². The largest absolute Gasteiger partial charge is 0.311 e. The van der Waals surface area contributed by atoms with E-state index in [4.69, 9.17) is 5.73 Å². The van der Waals surface area contributed by atoms with Gasteiger partial charge in [0.1, 0.15) is 0 Å². The number of nitrogens with zero attached hydrogens (tertiary/aromatic N) is 1. The molecule has 2 N–H and O–H groups in total. The fourth-order valence-electron chi connectivity index (χ4n) is 2.59. The summed E-state index contributed by atoms with van der Waals surface area (Å²) in [6.07, 6.45) is 6.10. The van der Waals surface area contributed by atoms with Crippen LogP contribution in [0.25, 0.3) is 0 Å². The number of hydrogen-bond donors (Lipinski definition) is 1. The molecule has 0 aliphatic carbocycles. The molecule has 1 aromatic carbocycles. The van der Waals surface area contributed by atoms with Crippen molar-refractivity contribution in [3.05, 3.63) is 42.1 Å². The Kier molecular flexibility index (Phi) is 4.57. The topological polar surface area (TPSA) is 29.3 Å². The molecule has 93 valence electrons. The van der Waals surface area contributed by atoms with Gasteiger partial charge in [0.05, 0.1) is 6.17 Å². The second-order valence-electron chi connectivity index (χ2n) is 5.10. The molecule has 1 radical (unpaired) electrons. The van der Waals surface area contributed by atoms with Crippen molar-refractivity contribution in [3.8, 4) is 0 Å². The zero-order valence-corrected chi connectivity index (χ0v) is 10.7. The van der Waals surface area contributed by atoms with Crippen LogP contribution in [0.1, 0.15) is 31.7 Å². The van der Waals surface area contributed by atoms with E-state index in [0.29, 0.717) is 0 Å². The van der Waals surface area contributed by atoms with Crippen molar-refractivity contribution >= 4 is 0 Å². The molecule has 0 bridgehead atoms. The second kappa shape index (κ2) is 6.18. The number of nitrogens with two attached hydrogens (primary N) is 1. The first-order valence-corrected chi connectivity index (χ1v) is 6.63. The molecular weight excluding hydrogens is 208 g/mol. The summed E-state index contributed by atoms with van der Waals surface area (Å²) in [7, 11) is 0. The van der Waals surface area contributed by atoms with E-state index in [1.54, 1.807) is 0 Å². The number of piperidine rings is 1. The predicted octanol–water partition coefficient (Wildman–Crippen LogP) is 2.80. The van der Waals surface area contributed by atoms with Crippen molar-refractivity contribution in [2.24, 2.45) is 11.7 Å². The molecule has 1 saturated heterocycles. The SMILES string of the molecule is C[C](N)N1CCC(CCc2ccccc2)CC1. The predicted molar refractivity (Wildman–Crippen MR) is 72.2 cm³/mol. The van der Waals surface area contributed by atoms with Gasteiger partial charge in [-0.05, 0) is 44.1 Å². The van der Waals surface area contributed by atoms with Crippen LogP contribution >= 0.6 is 0 Å². The average molecular weight is 231 g/mol.